The monoisotopic (exact) mass is 455 g/mol. The topological polar surface area (TPSA) is 45.2 Å². The molecule has 4 nitrogen and oxygen atoms in total. The highest BCUT2D eigenvalue weighted by Gasteiger charge is 2.25. The number of aryl methyl sites for hydroxylation is 1. The lowest BCUT2D eigenvalue weighted by atomic mass is 9.92. The Balaban J connectivity index is 1.42. The van der Waals surface area contributed by atoms with Crippen molar-refractivity contribution in [3.05, 3.63) is 88.2 Å². The number of likely N-dealkylation sites (tertiary alicyclic amines) is 1. The van der Waals surface area contributed by atoms with Crippen LogP contribution in [0.5, 0.6) is 0 Å². The van der Waals surface area contributed by atoms with E-state index < -0.39 is 0 Å². The van der Waals surface area contributed by atoms with Crippen LogP contribution in [0.3, 0.4) is 0 Å². The average molecular weight is 456 g/mol. The number of amides is 1. The quantitative estimate of drug-likeness (QED) is 0.385. The van der Waals surface area contributed by atoms with Gasteiger partial charge in [0.05, 0.1) is 18.0 Å². The summed E-state index contributed by atoms with van der Waals surface area (Å²) in [6.07, 6.45) is 2.79. The lowest BCUT2D eigenvalue weighted by Gasteiger charge is -2.27. The van der Waals surface area contributed by atoms with Gasteiger partial charge in [0.25, 0.3) is 0 Å². The highest BCUT2D eigenvalue weighted by molar-refractivity contribution is 7.10. The van der Waals surface area contributed by atoms with Crippen molar-refractivity contribution in [1.82, 2.24) is 15.2 Å². The molecular weight excluding hydrogens is 426 g/mol. The molecular formula is C28H29N3OS. The van der Waals surface area contributed by atoms with E-state index in [2.05, 4.69) is 45.9 Å². The predicted octanol–water partition coefficient (Wildman–Crippen LogP) is 5.77. The Bertz CT molecular complexity index is 1230. The first-order valence-electron chi connectivity index (χ1n) is 11.7. The lowest BCUT2D eigenvalue weighted by molar-refractivity contribution is -0.120. The fraction of sp³-hybridized carbons (Fsp3) is 0.286. The molecule has 1 saturated heterocycles. The van der Waals surface area contributed by atoms with Gasteiger partial charge in [0.15, 0.2) is 0 Å². The van der Waals surface area contributed by atoms with Crippen LogP contribution >= 0.6 is 11.3 Å². The van der Waals surface area contributed by atoms with Crippen LogP contribution in [0.4, 0.5) is 0 Å². The third-order valence-electron chi connectivity index (χ3n) is 6.55. The van der Waals surface area contributed by atoms with Crippen LogP contribution < -0.4 is 5.32 Å². The van der Waals surface area contributed by atoms with E-state index in [1.54, 1.807) is 11.3 Å². The summed E-state index contributed by atoms with van der Waals surface area (Å²) in [6, 6.07) is 23.1. The first kappa shape index (κ1) is 21.8. The average Bonchev–Trinajstić information content (AvgIpc) is 3.56. The fourth-order valence-electron chi connectivity index (χ4n) is 4.90. The second-order valence-electron chi connectivity index (χ2n) is 8.69. The second-order valence-corrected chi connectivity index (χ2v) is 9.67. The molecule has 5 rings (SSSR count). The Morgan fingerprint density at radius 3 is 2.55 bits per heavy atom. The molecule has 5 heteroatoms. The summed E-state index contributed by atoms with van der Waals surface area (Å²) >= 11 is 1.77. The zero-order valence-corrected chi connectivity index (χ0v) is 19.8. The minimum atomic E-state index is 0.0492. The minimum absolute atomic E-state index is 0.0492. The lowest BCUT2D eigenvalue weighted by Crippen LogP contribution is -2.37. The molecule has 2 aromatic carbocycles. The van der Waals surface area contributed by atoms with E-state index in [1.165, 1.54) is 17.7 Å². The largest absolute Gasteiger partial charge is 0.354 e. The van der Waals surface area contributed by atoms with E-state index in [0.717, 1.165) is 46.4 Å². The third kappa shape index (κ3) is 4.70. The van der Waals surface area contributed by atoms with Crippen LogP contribution in [-0.2, 0) is 11.2 Å². The molecule has 1 unspecified atom stereocenters. The number of thiophene rings is 1. The number of para-hydroxylation sites is 1. The Kier molecular flexibility index (Phi) is 6.51. The number of aromatic nitrogens is 1. The summed E-state index contributed by atoms with van der Waals surface area (Å²) in [5, 5.41) is 6.46. The fourth-order valence-corrected chi connectivity index (χ4v) is 5.76. The molecule has 1 aliphatic heterocycles. The minimum Gasteiger partial charge on any atom is -0.354 e. The number of fused-ring (bicyclic) bond motifs is 1. The Morgan fingerprint density at radius 1 is 1.03 bits per heavy atom. The molecule has 0 bridgehead atoms. The molecule has 0 spiro atoms. The van der Waals surface area contributed by atoms with Crippen molar-refractivity contribution in [3.63, 3.8) is 0 Å². The number of nitrogens with zero attached hydrogens (tertiary/aromatic N) is 2. The van der Waals surface area contributed by atoms with Crippen molar-refractivity contribution in [2.75, 3.05) is 19.6 Å². The number of nitrogens with one attached hydrogen (secondary N) is 1. The molecule has 1 N–H and O–H groups in total. The van der Waals surface area contributed by atoms with Gasteiger partial charge in [-0.1, -0.05) is 54.6 Å². The molecule has 1 aliphatic rings. The Hall–Kier alpha value is -3.02. The number of pyridine rings is 1. The smallest absolute Gasteiger partial charge is 0.224 e. The molecule has 0 aliphatic carbocycles. The van der Waals surface area contributed by atoms with Crippen molar-refractivity contribution in [3.8, 4) is 11.1 Å². The van der Waals surface area contributed by atoms with Gasteiger partial charge < -0.3 is 5.32 Å². The molecule has 1 amide bonds. The van der Waals surface area contributed by atoms with Crippen molar-refractivity contribution in [1.29, 1.82) is 0 Å². The maximum Gasteiger partial charge on any atom is 0.224 e. The van der Waals surface area contributed by atoms with Crippen molar-refractivity contribution < 1.29 is 4.79 Å². The maximum absolute atomic E-state index is 13.2. The molecule has 4 aromatic rings. The number of benzene rings is 2. The first-order chi connectivity index (χ1) is 16.2. The van der Waals surface area contributed by atoms with Gasteiger partial charge in [-0.3, -0.25) is 14.7 Å². The summed E-state index contributed by atoms with van der Waals surface area (Å²) in [4.78, 5) is 21.9. The van der Waals surface area contributed by atoms with Gasteiger partial charge >= 0.3 is 0 Å². The van der Waals surface area contributed by atoms with Gasteiger partial charge in [0.2, 0.25) is 5.91 Å². The van der Waals surface area contributed by atoms with Gasteiger partial charge in [-0.15, -0.1) is 11.3 Å². The van der Waals surface area contributed by atoms with Crippen molar-refractivity contribution in [2.45, 2.75) is 32.2 Å². The SMILES string of the molecule is Cc1nc2ccccc2c(-c2ccccc2)c1CC(=O)NCC(c1cccs1)N1CCCC1. The normalized spacial score (nSPS) is 15.1. The van der Waals surface area contributed by atoms with Crippen LogP contribution in [0.25, 0.3) is 22.0 Å². The van der Waals surface area contributed by atoms with Crippen LogP contribution in [0.15, 0.2) is 72.1 Å². The zero-order chi connectivity index (χ0) is 22.6. The number of carbonyl (C=O) groups excluding carboxylic acids is 1. The van der Waals surface area contributed by atoms with Crippen molar-refractivity contribution in [2.24, 2.45) is 0 Å². The molecule has 1 fully saturated rings. The van der Waals surface area contributed by atoms with Gasteiger partial charge in [-0.05, 0) is 67.1 Å². The second kappa shape index (κ2) is 9.86. The maximum atomic E-state index is 13.2. The number of rotatable bonds is 7. The first-order valence-corrected chi connectivity index (χ1v) is 12.6. The summed E-state index contributed by atoms with van der Waals surface area (Å²) in [7, 11) is 0. The highest BCUT2D eigenvalue weighted by atomic mass is 32.1. The van der Waals surface area contributed by atoms with Gasteiger partial charge in [-0.25, -0.2) is 0 Å². The molecule has 168 valence electrons. The van der Waals surface area contributed by atoms with E-state index in [-0.39, 0.29) is 11.9 Å². The number of hydrogen-bond donors (Lipinski definition) is 1. The summed E-state index contributed by atoms with van der Waals surface area (Å²) < 4.78 is 0. The summed E-state index contributed by atoms with van der Waals surface area (Å²) in [6.45, 7) is 4.86. The van der Waals surface area contributed by atoms with Crippen LogP contribution in [0.1, 0.15) is 35.0 Å². The van der Waals surface area contributed by atoms with Crippen LogP contribution in [0.2, 0.25) is 0 Å². The van der Waals surface area contributed by atoms with Crippen LogP contribution in [-0.4, -0.2) is 35.4 Å². The molecule has 2 aromatic heterocycles. The standard InChI is InChI=1S/C28H29N3OS/c1-20-23(28(21-10-3-2-4-11-21)22-12-5-6-13-24(22)30-20)18-27(32)29-19-25(26-14-9-17-33-26)31-15-7-8-16-31/h2-6,9-14,17,25H,7-8,15-16,18-19H2,1H3,(H,29,32). The van der Waals surface area contributed by atoms with E-state index in [9.17, 15) is 4.79 Å². The highest BCUT2D eigenvalue weighted by Crippen LogP contribution is 2.33. The molecule has 33 heavy (non-hydrogen) atoms. The Labute approximate surface area is 199 Å². The van der Waals surface area contributed by atoms with Crippen LogP contribution in [0, 0.1) is 6.92 Å². The van der Waals surface area contributed by atoms with E-state index >= 15 is 0 Å². The van der Waals surface area contributed by atoms with Crippen molar-refractivity contribution >= 4 is 28.1 Å². The Morgan fingerprint density at radius 2 is 1.79 bits per heavy atom. The predicted molar refractivity (Wildman–Crippen MR) is 136 cm³/mol. The third-order valence-corrected chi connectivity index (χ3v) is 7.52. The van der Waals surface area contributed by atoms with Gasteiger partial charge in [-0.2, -0.15) is 0 Å². The van der Waals surface area contributed by atoms with E-state index in [0.29, 0.717) is 13.0 Å². The summed E-state index contributed by atoms with van der Waals surface area (Å²) in [5.74, 6) is 0.0492. The van der Waals surface area contributed by atoms with Gasteiger partial charge in [0, 0.05) is 22.5 Å². The number of hydrogen-bond acceptors (Lipinski definition) is 4. The van der Waals surface area contributed by atoms with E-state index in [1.807, 2.05) is 43.3 Å². The van der Waals surface area contributed by atoms with Gasteiger partial charge in [0.1, 0.15) is 0 Å². The molecule has 0 saturated carbocycles. The van der Waals surface area contributed by atoms with E-state index in [4.69, 9.17) is 4.98 Å². The molecule has 3 heterocycles. The molecule has 0 radical (unpaired) electrons. The number of carbonyl (C=O) groups is 1. The summed E-state index contributed by atoms with van der Waals surface area (Å²) in [5.41, 5.74) is 5.12. The zero-order valence-electron chi connectivity index (χ0n) is 19.0. The molecule has 1 atom stereocenters.